The summed E-state index contributed by atoms with van der Waals surface area (Å²) in [6.07, 6.45) is 0.713. The van der Waals surface area contributed by atoms with E-state index in [1.165, 1.54) is 4.88 Å². The van der Waals surface area contributed by atoms with Crippen molar-refractivity contribution >= 4 is 23.2 Å². The highest BCUT2D eigenvalue weighted by molar-refractivity contribution is 7.11. The molecule has 0 aliphatic carbocycles. The van der Waals surface area contributed by atoms with Crippen molar-refractivity contribution in [3.8, 4) is 0 Å². The van der Waals surface area contributed by atoms with Gasteiger partial charge >= 0.3 is 0 Å². The maximum Gasteiger partial charge on any atom is 0.242 e. The second kappa shape index (κ2) is 11.7. The molecule has 6 heteroatoms. The predicted molar refractivity (Wildman–Crippen MR) is 118 cm³/mol. The average Bonchev–Trinajstić information content (AvgIpc) is 3.11. The third kappa shape index (κ3) is 7.63. The van der Waals surface area contributed by atoms with Crippen molar-refractivity contribution in [2.24, 2.45) is 5.92 Å². The van der Waals surface area contributed by atoms with Gasteiger partial charge in [-0.3, -0.25) is 9.59 Å². The predicted octanol–water partition coefficient (Wildman–Crippen LogP) is 4.11. The van der Waals surface area contributed by atoms with Crippen LogP contribution in [0.2, 0.25) is 0 Å². The van der Waals surface area contributed by atoms with E-state index in [9.17, 15) is 9.59 Å². The van der Waals surface area contributed by atoms with Crippen LogP contribution in [0.5, 0.6) is 0 Å². The summed E-state index contributed by atoms with van der Waals surface area (Å²) in [6.45, 7) is 8.06. The smallest absolute Gasteiger partial charge is 0.242 e. The molecule has 0 saturated heterocycles. The third-order valence-electron chi connectivity index (χ3n) is 4.62. The Labute approximate surface area is 178 Å². The number of carbonyl (C=O) groups excluding carboxylic acids is 2. The average molecular weight is 417 g/mol. The number of benzene rings is 1. The van der Waals surface area contributed by atoms with E-state index in [1.807, 2.05) is 49.1 Å². The molecule has 0 saturated carbocycles. The molecule has 5 nitrogen and oxygen atoms in total. The van der Waals surface area contributed by atoms with Gasteiger partial charge in [0.25, 0.3) is 0 Å². The molecule has 2 rings (SSSR count). The number of ether oxygens (including phenoxy) is 1. The number of hydrogen-bond donors (Lipinski definition) is 0. The molecule has 1 aromatic heterocycles. The van der Waals surface area contributed by atoms with Crippen LogP contribution < -0.4 is 0 Å². The fraction of sp³-hybridized carbons (Fsp3) is 0.478. The maximum atomic E-state index is 13.2. The van der Waals surface area contributed by atoms with Crippen LogP contribution in [0.3, 0.4) is 0 Å². The summed E-state index contributed by atoms with van der Waals surface area (Å²) in [5, 5.41) is 0. The van der Waals surface area contributed by atoms with E-state index < -0.39 is 0 Å². The zero-order valence-corrected chi connectivity index (χ0v) is 18.7. The molecule has 0 N–H and O–H groups in total. The topological polar surface area (TPSA) is 49.9 Å². The summed E-state index contributed by atoms with van der Waals surface area (Å²) in [6, 6.07) is 14.1. The molecule has 0 radical (unpaired) electrons. The van der Waals surface area contributed by atoms with Crippen LogP contribution in [0.15, 0.2) is 42.5 Å². The summed E-state index contributed by atoms with van der Waals surface area (Å²) in [7, 11) is 1.64. The SMILES string of the molecule is COCCCN(CC(=O)N(Cc1ccccc1)Cc1ccc(C)s1)C(=O)C(C)C. The van der Waals surface area contributed by atoms with Gasteiger partial charge in [-0.1, -0.05) is 44.2 Å². The number of nitrogens with zero attached hydrogens (tertiary/aromatic N) is 2. The number of aryl methyl sites for hydroxylation is 1. The van der Waals surface area contributed by atoms with Crippen LogP contribution in [0.1, 0.15) is 35.6 Å². The van der Waals surface area contributed by atoms with Gasteiger partial charge in [0, 0.05) is 42.5 Å². The van der Waals surface area contributed by atoms with Crippen molar-refractivity contribution in [1.82, 2.24) is 9.80 Å². The second-order valence-corrected chi connectivity index (χ2v) is 8.88. The first-order valence-electron chi connectivity index (χ1n) is 10.1. The van der Waals surface area contributed by atoms with E-state index in [4.69, 9.17) is 4.74 Å². The number of rotatable bonds is 11. The number of hydrogen-bond acceptors (Lipinski definition) is 4. The molecule has 2 amide bonds. The van der Waals surface area contributed by atoms with E-state index in [0.717, 1.165) is 10.4 Å². The second-order valence-electron chi connectivity index (χ2n) is 7.51. The van der Waals surface area contributed by atoms with Gasteiger partial charge < -0.3 is 14.5 Å². The highest BCUT2D eigenvalue weighted by Crippen LogP contribution is 2.19. The van der Waals surface area contributed by atoms with Gasteiger partial charge in [-0.25, -0.2) is 0 Å². The van der Waals surface area contributed by atoms with E-state index >= 15 is 0 Å². The Morgan fingerprint density at radius 3 is 2.34 bits per heavy atom. The largest absolute Gasteiger partial charge is 0.385 e. The van der Waals surface area contributed by atoms with E-state index in [-0.39, 0.29) is 24.3 Å². The molecule has 1 aromatic carbocycles. The van der Waals surface area contributed by atoms with Crippen molar-refractivity contribution in [1.29, 1.82) is 0 Å². The lowest BCUT2D eigenvalue weighted by Gasteiger charge is -2.28. The van der Waals surface area contributed by atoms with Crippen LogP contribution in [0.4, 0.5) is 0 Å². The lowest BCUT2D eigenvalue weighted by atomic mass is 10.1. The Kier molecular flexibility index (Phi) is 9.35. The highest BCUT2D eigenvalue weighted by atomic mass is 32.1. The molecule has 29 heavy (non-hydrogen) atoms. The third-order valence-corrected chi connectivity index (χ3v) is 5.61. The zero-order chi connectivity index (χ0) is 21.2. The first-order valence-corrected chi connectivity index (χ1v) is 10.9. The molecule has 1 heterocycles. The zero-order valence-electron chi connectivity index (χ0n) is 17.9. The van der Waals surface area contributed by atoms with Gasteiger partial charge in [0.05, 0.1) is 13.1 Å². The molecule has 2 aromatic rings. The highest BCUT2D eigenvalue weighted by Gasteiger charge is 2.23. The molecule has 0 atom stereocenters. The van der Waals surface area contributed by atoms with Gasteiger partial charge in [-0.15, -0.1) is 11.3 Å². The Hall–Kier alpha value is -2.18. The van der Waals surface area contributed by atoms with Crippen molar-refractivity contribution in [2.45, 2.75) is 40.3 Å². The standard InChI is InChI=1S/C23H32N2O3S/c1-18(2)23(27)24(13-8-14-28-4)17-22(26)25(15-20-9-6-5-7-10-20)16-21-12-11-19(3)29-21/h5-7,9-12,18H,8,13-17H2,1-4H3. The molecule has 0 aliphatic heterocycles. The molecule has 0 aliphatic rings. The minimum Gasteiger partial charge on any atom is -0.385 e. The summed E-state index contributed by atoms with van der Waals surface area (Å²) < 4.78 is 5.11. The van der Waals surface area contributed by atoms with Crippen molar-refractivity contribution in [3.63, 3.8) is 0 Å². The summed E-state index contributed by atoms with van der Waals surface area (Å²) >= 11 is 1.70. The number of thiophene rings is 1. The number of carbonyl (C=O) groups is 2. The molecule has 0 spiro atoms. The summed E-state index contributed by atoms with van der Waals surface area (Å²) in [5.74, 6) is -0.180. The molecule has 0 bridgehead atoms. The van der Waals surface area contributed by atoms with Gasteiger partial charge in [-0.2, -0.15) is 0 Å². The van der Waals surface area contributed by atoms with Crippen molar-refractivity contribution in [3.05, 3.63) is 57.8 Å². The quantitative estimate of drug-likeness (QED) is 0.518. The van der Waals surface area contributed by atoms with E-state index in [1.54, 1.807) is 23.3 Å². The number of methoxy groups -OCH3 is 1. The molecule has 0 fully saturated rings. The minimum atomic E-state index is -0.145. The Morgan fingerprint density at radius 2 is 1.76 bits per heavy atom. The van der Waals surface area contributed by atoms with E-state index in [2.05, 4.69) is 19.1 Å². The van der Waals surface area contributed by atoms with Crippen molar-refractivity contribution < 1.29 is 14.3 Å². The normalized spacial score (nSPS) is 10.9. The van der Waals surface area contributed by atoms with Gasteiger partial charge in [-0.05, 0) is 31.0 Å². The Morgan fingerprint density at radius 1 is 1.03 bits per heavy atom. The number of amides is 2. The fourth-order valence-corrected chi connectivity index (χ4v) is 4.00. The van der Waals surface area contributed by atoms with Crippen molar-refractivity contribution in [2.75, 3.05) is 26.8 Å². The Bertz CT molecular complexity index is 773. The monoisotopic (exact) mass is 416 g/mol. The summed E-state index contributed by atoms with van der Waals surface area (Å²) in [5.41, 5.74) is 1.08. The van der Waals surface area contributed by atoms with Crippen LogP contribution in [-0.2, 0) is 27.4 Å². The van der Waals surface area contributed by atoms with Crippen LogP contribution in [-0.4, -0.2) is 48.4 Å². The Balaban J connectivity index is 2.15. The van der Waals surface area contributed by atoms with Crippen LogP contribution in [0, 0.1) is 12.8 Å². The van der Waals surface area contributed by atoms with Gasteiger partial charge in [0.2, 0.25) is 11.8 Å². The lowest BCUT2D eigenvalue weighted by Crippen LogP contribution is -2.44. The molecule has 158 valence electrons. The minimum absolute atomic E-state index is 0.00100. The van der Waals surface area contributed by atoms with Crippen LogP contribution in [0.25, 0.3) is 0 Å². The van der Waals surface area contributed by atoms with Gasteiger partial charge in [0.15, 0.2) is 0 Å². The lowest BCUT2D eigenvalue weighted by molar-refractivity contribution is -0.143. The van der Waals surface area contributed by atoms with E-state index in [0.29, 0.717) is 32.7 Å². The molecular formula is C23H32N2O3S. The summed E-state index contributed by atoms with van der Waals surface area (Å²) in [4.78, 5) is 31.8. The molecule has 0 unspecified atom stereocenters. The van der Waals surface area contributed by atoms with Gasteiger partial charge in [0.1, 0.15) is 0 Å². The van der Waals surface area contributed by atoms with Crippen LogP contribution >= 0.6 is 11.3 Å². The first kappa shape index (κ1) is 23.1. The molecular weight excluding hydrogens is 384 g/mol. The first-order chi connectivity index (χ1) is 13.9. The maximum absolute atomic E-state index is 13.2. The fourth-order valence-electron chi connectivity index (χ4n) is 3.09.